The van der Waals surface area contributed by atoms with Gasteiger partial charge in [0.1, 0.15) is 0 Å². The maximum Gasteiger partial charge on any atom is 0.0721 e. The molecule has 1 heterocycles. The van der Waals surface area contributed by atoms with Gasteiger partial charge in [-0.05, 0) is 25.5 Å². The van der Waals surface area contributed by atoms with E-state index >= 15 is 0 Å². The van der Waals surface area contributed by atoms with E-state index in [1.54, 1.807) is 0 Å². The zero-order valence-electron chi connectivity index (χ0n) is 8.62. The Bertz CT molecular complexity index is 292. The molecular weight excluding hydrogens is 174 g/mol. The van der Waals surface area contributed by atoms with Crippen molar-refractivity contribution < 1.29 is 4.74 Å². The van der Waals surface area contributed by atoms with Gasteiger partial charge in [0.15, 0.2) is 0 Å². The van der Waals surface area contributed by atoms with E-state index in [1.807, 2.05) is 0 Å². The highest BCUT2D eigenvalue weighted by Gasteiger charge is 2.14. The van der Waals surface area contributed by atoms with Gasteiger partial charge in [0, 0.05) is 6.54 Å². The molecule has 1 fully saturated rings. The molecule has 1 aliphatic rings. The van der Waals surface area contributed by atoms with Crippen LogP contribution in [-0.4, -0.2) is 19.2 Å². The van der Waals surface area contributed by atoms with Gasteiger partial charge in [-0.3, -0.25) is 0 Å². The lowest BCUT2D eigenvalue weighted by Crippen LogP contribution is -2.16. The first-order valence-electron chi connectivity index (χ1n) is 5.22. The number of hydrogen-bond acceptors (Lipinski definition) is 2. The van der Waals surface area contributed by atoms with Crippen LogP contribution in [0.1, 0.15) is 17.5 Å². The summed E-state index contributed by atoms with van der Waals surface area (Å²) in [6.45, 7) is 4.96. The molecule has 0 aromatic heterocycles. The summed E-state index contributed by atoms with van der Waals surface area (Å²) in [6.07, 6.45) is 1.56. The maximum atomic E-state index is 5.78. The van der Waals surface area contributed by atoms with E-state index in [-0.39, 0.29) is 0 Å². The molecule has 0 spiro atoms. The highest BCUT2D eigenvalue weighted by atomic mass is 16.5. The predicted molar refractivity (Wildman–Crippen MR) is 57.2 cm³/mol. The quantitative estimate of drug-likeness (QED) is 0.787. The van der Waals surface area contributed by atoms with Gasteiger partial charge < -0.3 is 10.1 Å². The van der Waals surface area contributed by atoms with Gasteiger partial charge in [0.2, 0.25) is 0 Å². The summed E-state index contributed by atoms with van der Waals surface area (Å²) in [5.74, 6) is 0. The lowest BCUT2D eigenvalue weighted by molar-refractivity contribution is 0.0542. The normalized spacial score (nSPS) is 21.4. The molecule has 0 amide bonds. The third kappa shape index (κ3) is 2.56. The maximum absolute atomic E-state index is 5.78. The van der Waals surface area contributed by atoms with Gasteiger partial charge in [-0.15, -0.1) is 0 Å². The van der Waals surface area contributed by atoms with E-state index in [0.717, 1.165) is 26.1 Å². The van der Waals surface area contributed by atoms with Crippen molar-refractivity contribution >= 4 is 0 Å². The van der Waals surface area contributed by atoms with E-state index in [1.165, 1.54) is 11.1 Å². The van der Waals surface area contributed by atoms with E-state index in [0.29, 0.717) is 6.10 Å². The number of ether oxygens (including phenoxy) is 1. The highest BCUT2D eigenvalue weighted by Crippen LogP contribution is 2.09. The molecule has 2 nitrogen and oxygen atoms in total. The Labute approximate surface area is 85.3 Å². The zero-order chi connectivity index (χ0) is 9.80. The van der Waals surface area contributed by atoms with E-state index in [2.05, 4.69) is 36.5 Å². The molecule has 0 saturated carbocycles. The summed E-state index contributed by atoms with van der Waals surface area (Å²) in [6, 6.07) is 8.50. The average Bonchev–Trinajstić information content (AvgIpc) is 2.67. The second-order valence-corrected chi connectivity index (χ2v) is 3.91. The first-order valence-corrected chi connectivity index (χ1v) is 5.22. The molecule has 0 radical (unpaired) electrons. The van der Waals surface area contributed by atoms with Crippen LogP contribution >= 0.6 is 0 Å². The van der Waals surface area contributed by atoms with Crippen LogP contribution in [-0.2, 0) is 11.3 Å². The second kappa shape index (κ2) is 4.58. The van der Waals surface area contributed by atoms with Crippen molar-refractivity contribution in [2.75, 3.05) is 13.1 Å². The SMILES string of the molecule is Cc1cccc(COC2CCNC2)c1. The van der Waals surface area contributed by atoms with E-state index in [9.17, 15) is 0 Å². The second-order valence-electron chi connectivity index (χ2n) is 3.91. The standard InChI is InChI=1S/C12H17NO/c1-10-3-2-4-11(7-10)9-14-12-5-6-13-8-12/h2-4,7,12-13H,5-6,8-9H2,1H3. The molecule has 1 atom stereocenters. The third-order valence-corrected chi connectivity index (χ3v) is 2.58. The Balaban J connectivity index is 1.85. The topological polar surface area (TPSA) is 21.3 Å². The van der Waals surface area contributed by atoms with Crippen LogP contribution in [0, 0.1) is 6.92 Å². The van der Waals surface area contributed by atoms with Crippen LogP contribution in [0.2, 0.25) is 0 Å². The summed E-state index contributed by atoms with van der Waals surface area (Å²) in [7, 11) is 0. The van der Waals surface area contributed by atoms with Gasteiger partial charge in [-0.2, -0.15) is 0 Å². The smallest absolute Gasteiger partial charge is 0.0721 e. The lowest BCUT2D eigenvalue weighted by atomic mass is 10.1. The largest absolute Gasteiger partial charge is 0.372 e. The van der Waals surface area contributed by atoms with Crippen molar-refractivity contribution in [2.45, 2.75) is 26.1 Å². The molecule has 1 unspecified atom stereocenters. The third-order valence-electron chi connectivity index (χ3n) is 2.58. The molecule has 76 valence electrons. The first-order chi connectivity index (χ1) is 6.84. The Morgan fingerprint density at radius 3 is 3.14 bits per heavy atom. The molecule has 0 bridgehead atoms. The molecule has 2 rings (SSSR count). The molecule has 1 aliphatic heterocycles. The average molecular weight is 191 g/mol. The van der Waals surface area contributed by atoms with Crippen LogP contribution in [0.25, 0.3) is 0 Å². The highest BCUT2D eigenvalue weighted by molar-refractivity contribution is 5.21. The van der Waals surface area contributed by atoms with Crippen molar-refractivity contribution in [1.82, 2.24) is 5.32 Å². The predicted octanol–water partition coefficient (Wildman–Crippen LogP) is 1.87. The van der Waals surface area contributed by atoms with Gasteiger partial charge in [-0.1, -0.05) is 29.8 Å². The first kappa shape index (κ1) is 9.69. The molecule has 1 N–H and O–H groups in total. The van der Waals surface area contributed by atoms with Crippen LogP contribution in [0.5, 0.6) is 0 Å². The minimum absolute atomic E-state index is 0.413. The number of aryl methyl sites for hydroxylation is 1. The molecule has 1 saturated heterocycles. The molecule has 14 heavy (non-hydrogen) atoms. The van der Waals surface area contributed by atoms with Gasteiger partial charge in [-0.25, -0.2) is 0 Å². The number of hydrogen-bond donors (Lipinski definition) is 1. The van der Waals surface area contributed by atoms with E-state index < -0.39 is 0 Å². The Hall–Kier alpha value is -0.860. The number of rotatable bonds is 3. The van der Waals surface area contributed by atoms with Crippen molar-refractivity contribution in [3.05, 3.63) is 35.4 Å². The summed E-state index contributed by atoms with van der Waals surface area (Å²) in [5.41, 5.74) is 2.58. The minimum Gasteiger partial charge on any atom is -0.372 e. The van der Waals surface area contributed by atoms with Crippen molar-refractivity contribution in [1.29, 1.82) is 0 Å². The van der Waals surface area contributed by atoms with Crippen LogP contribution in [0.3, 0.4) is 0 Å². The molecule has 1 aromatic carbocycles. The summed E-state index contributed by atoms with van der Waals surface area (Å²) >= 11 is 0. The fourth-order valence-corrected chi connectivity index (χ4v) is 1.79. The molecule has 1 aromatic rings. The van der Waals surface area contributed by atoms with Crippen molar-refractivity contribution in [3.63, 3.8) is 0 Å². The zero-order valence-corrected chi connectivity index (χ0v) is 8.62. The van der Waals surface area contributed by atoms with Crippen molar-refractivity contribution in [2.24, 2.45) is 0 Å². The van der Waals surface area contributed by atoms with Gasteiger partial charge >= 0.3 is 0 Å². The van der Waals surface area contributed by atoms with Crippen molar-refractivity contribution in [3.8, 4) is 0 Å². The molecular formula is C12H17NO. The summed E-state index contributed by atoms with van der Waals surface area (Å²) in [5, 5.41) is 3.29. The molecule has 0 aliphatic carbocycles. The number of nitrogens with one attached hydrogen (secondary N) is 1. The molecule has 2 heteroatoms. The van der Waals surface area contributed by atoms with Gasteiger partial charge in [0.05, 0.1) is 12.7 Å². The van der Waals surface area contributed by atoms with Crippen LogP contribution < -0.4 is 5.32 Å². The summed E-state index contributed by atoms with van der Waals surface area (Å²) in [4.78, 5) is 0. The Morgan fingerprint density at radius 1 is 1.50 bits per heavy atom. The van der Waals surface area contributed by atoms with Crippen LogP contribution in [0.4, 0.5) is 0 Å². The number of benzene rings is 1. The fourth-order valence-electron chi connectivity index (χ4n) is 1.79. The summed E-state index contributed by atoms with van der Waals surface area (Å²) < 4.78 is 5.78. The van der Waals surface area contributed by atoms with E-state index in [4.69, 9.17) is 4.74 Å². The monoisotopic (exact) mass is 191 g/mol. The van der Waals surface area contributed by atoms with Gasteiger partial charge in [0.25, 0.3) is 0 Å². The Kier molecular flexibility index (Phi) is 3.17. The Morgan fingerprint density at radius 2 is 2.43 bits per heavy atom. The van der Waals surface area contributed by atoms with Crippen LogP contribution in [0.15, 0.2) is 24.3 Å². The minimum atomic E-state index is 0.413. The fraction of sp³-hybridized carbons (Fsp3) is 0.500. The lowest BCUT2D eigenvalue weighted by Gasteiger charge is -2.10.